The molecule has 0 bridgehead atoms. The van der Waals surface area contributed by atoms with Crippen molar-refractivity contribution in [3.05, 3.63) is 0 Å². The molecular formula is C13H27N3O. The van der Waals surface area contributed by atoms with E-state index >= 15 is 0 Å². The van der Waals surface area contributed by atoms with Crippen LogP contribution in [0.1, 0.15) is 33.1 Å². The summed E-state index contributed by atoms with van der Waals surface area (Å²) in [5.74, 6) is 1.50. The van der Waals surface area contributed by atoms with E-state index < -0.39 is 0 Å². The van der Waals surface area contributed by atoms with E-state index in [1.807, 2.05) is 0 Å². The Balaban J connectivity index is 2.21. The molecule has 1 rings (SSSR count). The predicted octanol–water partition coefficient (Wildman–Crippen LogP) is 0.819. The van der Waals surface area contributed by atoms with Crippen LogP contribution in [0.3, 0.4) is 0 Å². The first-order chi connectivity index (χ1) is 8.11. The summed E-state index contributed by atoms with van der Waals surface area (Å²) < 4.78 is 0. The van der Waals surface area contributed by atoms with Crippen LogP contribution in [-0.2, 0) is 4.79 Å². The van der Waals surface area contributed by atoms with Gasteiger partial charge in [0.15, 0.2) is 0 Å². The Hall–Kier alpha value is -0.610. The van der Waals surface area contributed by atoms with Gasteiger partial charge in [-0.2, -0.15) is 0 Å². The molecule has 0 unspecified atom stereocenters. The van der Waals surface area contributed by atoms with Gasteiger partial charge in [-0.15, -0.1) is 0 Å². The van der Waals surface area contributed by atoms with Gasteiger partial charge in [-0.3, -0.25) is 9.69 Å². The molecule has 1 fully saturated rings. The maximum Gasteiger partial charge on any atom is 0.234 e. The number of amides is 1. The molecule has 0 radical (unpaired) electrons. The average molecular weight is 241 g/mol. The van der Waals surface area contributed by atoms with Crippen molar-refractivity contribution < 1.29 is 4.79 Å². The first-order valence-corrected chi connectivity index (χ1v) is 6.81. The molecule has 100 valence electrons. The highest BCUT2D eigenvalue weighted by Crippen LogP contribution is 2.27. The van der Waals surface area contributed by atoms with Crippen molar-refractivity contribution in [3.8, 4) is 0 Å². The van der Waals surface area contributed by atoms with Gasteiger partial charge in [-0.05, 0) is 44.2 Å². The Bertz CT molecular complexity index is 227. The molecule has 1 aliphatic rings. The molecule has 0 saturated heterocycles. The number of carbonyl (C=O) groups excluding carboxylic acids is 1. The monoisotopic (exact) mass is 241 g/mol. The lowest BCUT2D eigenvalue weighted by Gasteiger charge is -2.23. The molecule has 4 heteroatoms. The first kappa shape index (κ1) is 14.5. The van der Waals surface area contributed by atoms with E-state index in [4.69, 9.17) is 5.73 Å². The van der Waals surface area contributed by atoms with Gasteiger partial charge in [-0.1, -0.05) is 13.8 Å². The molecule has 0 aromatic heterocycles. The zero-order valence-corrected chi connectivity index (χ0v) is 11.2. The fourth-order valence-electron chi connectivity index (χ4n) is 1.91. The molecule has 0 atom stereocenters. The van der Waals surface area contributed by atoms with Crippen LogP contribution in [0.2, 0.25) is 0 Å². The quantitative estimate of drug-likeness (QED) is 0.628. The van der Waals surface area contributed by atoms with Crippen molar-refractivity contribution in [2.45, 2.75) is 33.1 Å². The maximum atomic E-state index is 11.7. The molecule has 0 aromatic rings. The first-order valence-electron chi connectivity index (χ1n) is 6.81. The van der Waals surface area contributed by atoms with Gasteiger partial charge < -0.3 is 11.1 Å². The number of hydrogen-bond donors (Lipinski definition) is 2. The van der Waals surface area contributed by atoms with Crippen LogP contribution in [0.15, 0.2) is 0 Å². The number of hydrogen-bond acceptors (Lipinski definition) is 3. The molecule has 0 aliphatic heterocycles. The molecule has 0 aromatic carbocycles. The fraction of sp³-hybridized carbons (Fsp3) is 0.923. The smallest absolute Gasteiger partial charge is 0.234 e. The van der Waals surface area contributed by atoms with E-state index in [1.54, 1.807) is 0 Å². The molecular weight excluding hydrogens is 214 g/mol. The minimum atomic E-state index is 0.162. The van der Waals surface area contributed by atoms with Crippen LogP contribution in [0.4, 0.5) is 0 Å². The van der Waals surface area contributed by atoms with Gasteiger partial charge in [0.25, 0.3) is 0 Å². The summed E-state index contributed by atoms with van der Waals surface area (Å²) in [7, 11) is 0. The normalized spacial score (nSPS) is 15.6. The lowest BCUT2D eigenvalue weighted by atomic mass is 10.2. The molecule has 17 heavy (non-hydrogen) atoms. The highest BCUT2D eigenvalue weighted by atomic mass is 16.2. The van der Waals surface area contributed by atoms with Gasteiger partial charge >= 0.3 is 0 Å². The van der Waals surface area contributed by atoms with Crippen LogP contribution in [-0.4, -0.2) is 43.5 Å². The number of nitrogens with one attached hydrogen (secondary N) is 1. The Morgan fingerprint density at radius 1 is 1.47 bits per heavy atom. The van der Waals surface area contributed by atoms with Crippen molar-refractivity contribution in [3.63, 3.8) is 0 Å². The van der Waals surface area contributed by atoms with E-state index in [0.29, 0.717) is 19.0 Å². The topological polar surface area (TPSA) is 58.4 Å². The standard InChI is InChI=1S/C13H27N3O/c1-11(2)9-16(7-3-6-14)10-13(17)15-8-12-4-5-12/h11-12H,3-10,14H2,1-2H3,(H,15,17). The molecule has 1 amide bonds. The van der Waals surface area contributed by atoms with Gasteiger partial charge in [0.1, 0.15) is 0 Å². The number of rotatable bonds is 9. The minimum absolute atomic E-state index is 0.162. The Morgan fingerprint density at radius 3 is 2.71 bits per heavy atom. The van der Waals surface area contributed by atoms with Crippen molar-refractivity contribution in [2.24, 2.45) is 17.6 Å². The Labute approximate surface area is 105 Å². The second-order valence-corrected chi connectivity index (χ2v) is 5.52. The SMILES string of the molecule is CC(C)CN(CCCN)CC(=O)NCC1CC1. The third-order valence-electron chi connectivity index (χ3n) is 2.95. The van der Waals surface area contributed by atoms with Crippen LogP contribution in [0.25, 0.3) is 0 Å². The van der Waals surface area contributed by atoms with E-state index in [0.717, 1.165) is 32.0 Å². The van der Waals surface area contributed by atoms with E-state index in [-0.39, 0.29) is 5.91 Å². The molecule has 1 aliphatic carbocycles. The number of carbonyl (C=O) groups is 1. The van der Waals surface area contributed by atoms with Crippen molar-refractivity contribution in [2.75, 3.05) is 32.7 Å². The second-order valence-electron chi connectivity index (χ2n) is 5.52. The van der Waals surface area contributed by atoms with Crippen LogP contribution >= 0.6 is 0 Å². The summed E-state index contributed by atoms with van der Waals surface area (Å²) in [6, 6.07) is 0. The van der Waals surface area contributed by atoms with Crippen LogP contribution in [0.5, 0.6) is 0 Å². The van der Waals surface area contributed by atoms with E-state index in [2.05, 4.69) is 24.1 Å². The van der Waals surface area contributed by atoms with Gasteiger partial charge in [0.2, 0.25) is 5.91 Å². The zero-order valence-electron chi connectivity index (χ0n) is 11.2. The van der Waals surface area contributed by atoms with E-state index in [9.17, 15) is 4.79 Å². The summed E-state index contributed by atoms with van der Waals surface area (Å²) in [6.45, 7) is 8.33. The number of nitrogens with zero attached hydrogens (tertiary/aromatic N) is 1. The van der Waals surface area contributed by atoms with Gasteiger partial charge in [0.05, 0.1) is 6.54 Å². The summed E-state index contributed by atoms with van der Waals surface area (Å²) in [6.07, 6.45) is 3.52. The van der Waals surface area contributed by atoms with Crippen LogP contribution in [0, 0.1) is 11.8 Å². The van der Waals surface area contributed by atoms with Gasteiger partial charge in [0, 0.05) is 13.1 Å². The molecule has 1 saturated carbocycles. The highest BCUT2D eigenvalue weighted by Gasteiger charge is 2.22. The lowest BCUT2D eigenvalue weighted by Crippen LogP contribution is -2.40. The highest BCUT2D eigenvalue weighted by molar-refractivity contribution is 5.78. The summed E-state index contributed by atoms with van der Waals surface area (Å²) >= 11 is 0. The summed E-state index contributed by atoms with van der Waals surface area (Å²) in [5, 5.41) is 3.01. The summed E-state index contributed by atoms with van der Waals surface area (Å²) in [4.78, 5) is 14.0. The maximum absolute atomic E-state index is 11.7. The van der Waals surface area contributed by atoms with Crippen molar-refractivity contribution in [1.82, 2.24) is 10.2 Å². The van der Waals surface area contributed by atoms with Gasteiger partial charge in [-0.25, -0.2) is 0 Å². The summed E-state index contributed by atoms with van der Waals surface area (Å²) in [5.41, 5.74) is 5.52. The largest absolute Gasteiger partial charge is 0.355 e. The average Bonchev–Trinajstić information content (AvgIpc) is 3.06. The zero-order chi connectivity index (χ0) is 12.7. The molecule has 0 heterocycles. The lowest BCUT2D eigenvalue weighted by molar-refractivity contribution is -0.122. The third kappa shape index (κ3) is 7.34. The Kier molecular flexibility index (Phi) is 6.52. The van der Waals surface area contributed by atoms with E-state index in [1.165, 1.54) is 12.8 Å². The third-order valence-corrected chi connectivity index (χ3v) is 2.95. The minimum Gasteiger partial charge on any atom is -0.355 e. The van der Waals surface area contributed by atoms with Crippen LogP contribution < -0.4 is 11.1 Å². The number of nitrogens with two attached hydrogens (primary N) is 1. The Morgan fingerprint density at radius 2 is 2.18 bits per heavy atom. The molecule has 0 spiro atoms. The van der Waals surface area contributed by atoms with Crippen molar-refractivity contribution >= 4 is 5.91 Å². The molecule has 3 N–H and O–H groups in total. The predicted molar refractivity (Wildman–Crippen MR) is 70.7 cm³/mol. The molecule has 4 nitrogen and oxygen atoms in total. The fourth-order valence-corrected chi connectivity index (χ4v) is 1.91. The second kappa shape index (κ2) is 7.67. The van der Waals surface area contributed by atoms with Crippen molar-refractivity contribution in [1.29, 1.82) is 0 Å².